The summed E-state index contributed by atoms with van der Waals surface area (Å²) in [4.78, 5) is 2.51. The fourth-order valence-corrected chi connectivity index (χ4v) is 2.40. The van der Waals surface area contributed by atoms with Gasteiger partial charge in [-0.2, -0.15) is 5.10 Å². The molecule has 1 saturated heterocycles. The van der Waals surface area contributed by atoms with Crippen LogP contribution in [0.15, 0.2) is 18.5 Å². The van der Waals surface area contributed by atoms with Crippen molar-refractivity contribution < 1.29 is 0 Å². The van der Waals surface area contributed by atoms with Gasteiger partial charge in [0, 0.05) is 31.5 Å². The molecule has 2 heterocycles. The molecule has 2 rings (SSSR count). The smallest absolute Gasteiger partial charge is 0.0536 e. The lowest BCUT2D eigenvalue weighted by atomic mass is 9.92. The fraction of sp³-hybridized carbons (Fsp3) is 0.750. The highest BCUT2D eigenvalue weighted by Crippen LogP contribution is 2.18. The predicted molar refractivity (Wildman–Crippen MR) is 79.5 cm³/mol. The van der Waals surface area contributed by atoms with Crippen LogP contribution in [0.1, 0.15) is 19.8 Å². The number of piperidine rings is 1. The van der Waals surface area contributed by atoms with E-state index in [4.69, 9.17) is 5.73 Å². The Morgan fingerprint density at radius 2 is 2.17 bits per heavy atom. The molecule has 1 fully saturated rings. The number of hydrogen-bond donors (Lipinski definition) is 1. The average molecular weight is 295 g/mol. The highest BCUT2D eigenvalue weighted by molar-refractivity contribution is 5.85. The highest BCUT2D eigenvalue weighted by Gasteiger charge is 2.22. The number of likely N-dealkylation sites (tertiary alicyclic amines) is 1. The van der Waals surface area contributed by atoms with Gasteiger partial charge in [0.1, 0.15) is 0 Å². The number of halogens is 2. The summed E-state index contributed by atoms with van der Waals surface area (Å²) >= 11 is 0. The molecular weight excluding hydrogens is 271 g/mol. The zero-order valence-corrected chi connectivity index (χ0v) is 12.5. The van der Waals surface area contributed by atoms with Crippen LogP contribution in [-0.4, -0.2) is 40.4 Å². The van der Waals surface area contributed by atoms with Crippen LogP contribution in [0.5, 0.6) is 0 Å². The number of hydrogen-bond acceptors (Lipinski definition) is 3. The second kappa shape index (κ2) is 8.75. The Labute approximate surface area is 122 Å². The highest BCUT2D eigenvalue weighted by atomic mass is 35.5. The number of nitrogens with two attached hydrogens (primary N) is 1. The number of rotatable bonds is 4. The first-order valence-corrected chi connectivity index (χ1v) is 6.21. The summed E-state index contributed by atoms with van der Waals surface area (Å²) in [7, 11) is 0. The van der Waals surface area contributed by atoms with Crippen LogP contribution in [0.3, 0.4) is 0 Å². The van der Waals surface area contributed by atoms with Crippen molar-refractivity contribution in [3.63, 3.8) is 0 Å². The second-order valence-corrected chi connectivity index (χ2v) is 4.83. The van der Waals surface area contributed by atoms with Gasteiger partial charge in [-0.25, -0.2) is 0 Å². The SMILES string of the molecule is CC(N)C1CCCN(CCn2cccn2)C1.Cl.Cl. The lowest BCUT2D eigenvalue weighted by molar-refractivity contribution is 0.155. The van der Waals surface area contributed by atoms with Crippen molar-refractivity contribution in [1.29, 1.82) is 0 Å². The molecule has 1 aliphatic heterocycles. The summed E-state index contributed by atoms with van der Waals surface area (Å²) in [6.07, 6.45) is 6.43. The molecule has 0 amide bonds. The van der Waals surface area contributed by atoms with Gasteiger partial charge in [-0.15, -0.1) is 24.8 Å². The lowest BCUT2D eigenvalue weighted by Crippen LogP contribution is -2.43. The van der Waals surface area contributed by atoms with Crippen molar-refractivity contribution >= 4 is 24.8 Å². The minimum absolute atomic E-state index is 0. The maximum absolute atomic E-state index is 5.98. The Balaban J connectivity index is 0.00000144. The molecule has 4 nitrogen and oxygen atoms in total. The Morgan fingerprint density at radius 3 is 2.78 bits per heavy atom. The van der Waals surface area contributed by atoms with Crippen LogP contribution in [0, 0.1) is 5.92 Å². The molecular formula is C12H24Cl2N4. The first-order valence-electron chi connectivity index (χ1n) is 6.21. The molecule has 1 aromatic heterocycles. The van der Waals surface area contributed by atoms with Crippen LogP contribution in [0.2, 0.25) is 0 Å². The van der Waals surface area contributed by atoms with Crippen LogP contribution < -0.4 is 5.73 Å². The zero-order valence-electron chi connectivity index (χ0n) is 10.9. The molecule has 106 valence electrons. The molecule has 6 heteroatoms. The van der Waals surface area contributed by atoms with Gasteiger partial charge in [0.15, 0.2) is 0 Å². The molecule has 0 bridgehead atoms. The Morgan fingerprint density at radius 1 is 1.39 bits per heavy atom. The van der Waals surface area contributed by atoms with Crippen LogP contribution in [-0.2, 0) is 6.54 Å². The maximum Gasteiger partial charge on any atom is 0.0536 e. The van der Waals surface area contributed by atoms with E-state index >= 15 is 0 Å². The Bertz CT molecular complexity index is 303. The van der Waals surface area contributed by atoms with E-state index in [9.17, 15) is 0 Å². The molecule has 0 saturated carbocycles. The van der Waals surface area contributed by atoms with Gasteiger partial charge in [0.25, 0.3) is 0 Å². The number of nitrogens with zero attached hydrogens (tertiary/aromatic N) is 3. The van der Waals surface area contributed by atoms with E-state index in [2.05, 4.69) is 16.9 Å². The average Bonchev–Trinajstić information content (AvgIpc) is 2.79. The molecule has 2 unspecified atom stereocenters. The van der Waals surface area contributed by atoms with E-state index in [0.717, 1.165) is 19.6 Å². The minimum Gasteiger partial charge on any atom is -0.328 e. The minimum atomic E-state index is 0. The third-order valence-electron chi connectivity index (χ3n) is 3.49. The largest absolute Gasteiger partial charge is 0.328 e. The summed E-state index contributed by atoms with van der Waals surface area (Å²) in [6.45, 7) is 6.56. The van der Waals surface area contributed by atoms with Gasteiger partial charge in [0.05, 0.1) is 6.54 Å². The maximum atomic E-state index is 5.98. The third kappa shape index (κ3) is 5.14. The fourth-order valence-electron chi connectivity index (χ4n) is 2.40. The second-order valence-electron chi connectivity index (χ2n) is 4.83. The molecule has 0 aliphatic carbocycles. The van der Waals surface area contributed by atoms with E-state index in [0.29, 0.717) is 12.0 Å². The van der Waals surface area contributed by atoms with Gasteiger partial charge in [0.2, 0.25) is 0 Å². The van der Waals surface area contributed by atoms with Gasteiger partial charge in [-0.3, -0.25) is 4.68 Å². The van der Waals surface area contributed by atoms with E-state index in [1.54, 1.807) is 0 Å². The summed E-state index contributed by atoms with van der Waals surface area (Å²) in [6, 6.07) is 2.30. The van der Waals surface area contributed by atoms with Crippen molar-refractivity contribution in [2.75, 3.05) is 19.6 Å². The van der Waals surface area contributed by atoms with Crippen molar-refractivity contribution in [3.05, 3.63) is 18.5 Å². The monoisotopic (exact) mass is 294 g/mol. The predicted octanol–water partition coefficient (Wildman–Crippen LogP) is 1.79. The third-order valence-corrected chi connectivity index (χ3v) is 3.49. The van der Waals surface area contributed by atoms with Gasteiger partial charge >= 0.3 is 0 Å². The topological polar surface area (TPSA) is 47.1 Å². The van der Waals surface area contributed by atoms with Gasteiger partial charge < -0.3 is 10.6 Å². The number of aromatic nitrogens is 2. The van der Waals surface area contributed by atoms with Gasteiger partial charge in [-0.1, -0.05) is 0 Å². The van der Waals surface area contributed by atoms with E-state index in [1.165, 1.54) is 19.4 Å². The normalized spacial score (nSPS) is 21.8. The molecule has 2 atom stereocenters. The van der Waals surface area contributed by atoms with Crippen molar-refractivity contribution in [2.45, 2.75) is 32.4 Å². The Kier molecular flexibility index (Phi) is 8.61. The molecule has 18 heavy (non-hydrogen) atoms. The first kappa shape index (κ1) is 17.7. The summed E-state index contributed by atoms with van der Waals surface area (Å²) in [5.74, 6) is 0.673. The molecule has 1 aromatic rings. The Hall–Kier alpha value is -0.290. The van der Waals surface area contributed by atoms with Crippen molar-refractivity contribution in [2.24, 2.45) is 11.7 Å². The van der Waals surface area contributed by atoms with Crippen LogP contribution in [0.25, 0.3) is 0 Å². The summed E-state index contributed by atoms with van der Waals surface area (Å²) < 4.78 is 2.00. The van der Waals surface area contributed by atoms with E-state index in [1.807, 2.05) is 23.1 Å². The first-order chi connectivity index (χ1) is 7.75. The molecule has 2 N–H and O–H groups in total. The van der Waals surface area contributed by atoms with Crippen molar-refractivity contribution in [1.82, 2.24) is 14.7 Å². The van der Waals surface area contributed by atoms with Gasteiger partial charge in [-0.05, 0) is 38.3 Å². The molecule has 0 spiro atoms. The van der Waals surface area contributed by atoms with Crippen LogP contribution >= 0.6 is 24.8 Å². The van der Waals surface area contributed by atoms with E-state index < -0.39 is 0 Å². The standard InChI is InChI=1S/C12H22N4.2ClH/c1-11(13)12-4-2-6-15(10-12)8-9-16-7-3-5-14-16;;/h3,5,7,11-12H,2,4,6,8-10,13H2,1H3;2*1H. The molecule has 0 aromatic carbocycles. The van der Waals surface area contributed by atoms with Crippen molar-refractivity contribution in [3.8, 4) is 0 Å². The van der Waals surface area contributed by atoms with Crippen LogP contribution in [0.4, 0.5) is 0 Å². The zero-order chi connectivity index (χ0) is 11.4. The van der Waals surface area contributed by atoms with E-state index in [-0.39, 0.29) is 24.8 Å². The quantitative estimate of drug-likeness (QED) is 0.921. The lowest BCUT2D eigenvalue weighted by Gasteiger charge is -2.34. The summed E-state index contributed by atoms with van der Waals surface area (Å²) in [5.41, 5.74) is 5.98. The summed E-state index contributed by atoms with van der Waals surface area (Å²) in [5, 5.41) is 4.22. The molecule has 0 radical (unpaired) electrons. The molecule has 1 aliphatic rings.